The van der Waals surface area contributed by atoms with Gasteiger partial charge >= 0.3 is 5.97 Å². The molecular weight excluding hydrogens is 440 g/mol. The van der Waals surface area contributed by atoms with Gasteiger partial charge in [-0.25, -0.2) is 9.48 Å². The summed E-state index contributed by atoms with van der Waals surface area (Å²) in [6.07, 6.45) is 1.75. The van der Waals surface area contributed by atoms with Crippen LogP contribution in [-0.4, -0.2) is 30.6 Å². The van der Waals surface area contributed by atoms with Crippen LogP contribution < -0.4 is 10.3 Å². The molecule has 0 atom stereocenters. The lowest BCUT2D eigenvalue weighted by Crippen LogP contribution is -2.25. The van der Waals surface area contributed by atoms with Gasteiger partial charge in [0.05, 0.1) is 28.6 Å². The Labute approximate surface area is 191 Å². The normalized spacial score (nSPS) is 11.0. The Kier molecular flexibility index (Phi) is 5.45. The van der Waals surface area contributed by atoms with E-state index in [1.165, 1.54) is 15.9 Å². The Morgan fingerprint density at radius 1 is 1.03 bits per heavy atom. The van der Waals surface area contributed by atoms with Gasteiger partial charge in [0.1, 0.15) is 17.9 Å². The van der Waals surface area contributed by atoms with Crippen molar-refractivity contribution in [3.05, 3.63) is 105 Å². The molecule has 0 aliphatic carbocycles. The van der Waals surface area contributed by atoms with Crippen molar-refractivity contribution in [3.63, 3.8) is 0 Å². The highest BCUT2D eigenvalue weighted by molar-refractivity contribution is 7.17. The van der Waals surface area contributed by atoms with Crippen molar-refractivity contribution in [1.29, 1.82) is 0 Å². The lowest BCUT2D eigenvalue weighted by molar-refractivity contribution is 0.0693. The maximum atomic E-state index is 13.4. The first-order chi connectivity index (χ1) is 16.1. The average molecular weight is 458 g/mol. The van der Waals surface area contributed by atoms with E-state index in [4.69, 9.17) is 4.74 Å². The van der Waals surface area contributed by atoms with Crippen molar-refractivity contribution in [1.82, 2.24) is 19.6 Å². The molecule has 3 aromatic heterocycles. The summed E-state index contributed by atoms with van der Waals surface area (Å²) >= 11 is 1.25. The zero-order valence-electron chi connectivity index (χ0n) is 17.3. The fraction of sp³-hybridized carbons (Fsp3) is 0.0833. The van der Waals surface area contributed by atoms with Gasteiger partial charge in [-0.3, -0.25) is 9.36 Å². The van der Waals surface area contributed by atoms with Crippen molar-refractivity contribution in [2.45, 2.75) is 13.2 Å². The third-order valence-electron chi connectivity index (χ3n) is 5.15. The number of aromatic carboxylic acids is 1. The number of carboxylic acids is 1. The van der Waals surface area contributed by atoms with Gasteiger partial charge in [0.15, 0.2) is 0 Å². The standard InChI is InChI=1S/C24H18N4O4S/c29-23-21(32-15-16-7-3-1-4-8-16)20(24(30)31)22-19(11-12-33-22)27(23)13-17-14-28(26-25-17)18-9-5-2-6-10-18/h1-12,14H,13,15H2,(H,30,31). The number of ether oxygens (including phenoxy) is 1. The molecular formula is C24H18N4O4S. The summed E-state index contributed by atoms with van der Waals surface area (Å²) in [7, 11) is 0. The molecule has 0 saturated heterocycles. The van der Waals surface area contributed by atoms with Crippen LogP contribution in [0.25, 0.3) is 15.9 Å². The molecule has 5 aromatic rings. The van der Waals surface area contributed by atoms with Crippen LogP contribution in [0.5, 0.6) is 5.75 Å². The molecule has 1 N–H and O–H groups in total. The number of pyridine rings is 1. The van der Waals surface area contributed by atoms with E-state index in [0.717, 1.165) is 11.3 Å². The molecule has 0 amide bonds. The topological polar surface area (TPSA) is 99.2 Å². The molecule has 0 aliphatic rings. The minimum absolute atomic E-state index is 0.0808. The van der Waals surface area contributed by atoms with Gasteiger partial charge in [0, 0.05) is 0 Å². The van der Waals surface area contributed by atoms with Gasteiger partial charge in [0.25, 0.3) is 5.56 Å². The number of hydrogen-bond donors (Lipinski definition) is 1. The Hall–Kier alpha value is -4.24. The molecule has 5 rings (SSSR count). The fourth-order valence-electron chi connectivity index (χ4n) is 3.60. The van der Waals surface area contributed by atoms with E-state index < -0.39 is 11.5 Å². The molecule has 9 heteroatoms. The molecule has 33 heavy (non-hydrogen) atoms. The van der Waals surface area contributed by atoms with Crippen molar-refractivity contribution in [2.24, 2.45) is 0 Å². The van der Waals surface area contributed by atoms with Crippen molar-refractivity contribution in [3.8, 4) is 11.4 Å². The first-order valence-corrected chi connectivity index (χ1v) is 11.0. The predicted molar refractivity (Wildman–Crippen MR) is 124 cm³/mol. The number of aromatic nitrogens is 4. The van der Waals surface area contributed by atoms with Gasteiger partial charge in [-0.2, -0.15) is 0 Å². The van der Waals surface area contributed by atoms with Crippen molar-refractivity contribution in [2.75, 3.05) is 0 Å². The van der Waals surface area contributed by atoms with E-state index in [0.29, 0.717) is 15.9 Å². The monoisotopic (exact) mass is 458 g/mol. The molecule has 0 radical (unpaired) electrons. The van der Waals surface area contributed by atoms with Crippen LogP contribution in [-0.2, 0) is 13.2 Å². The molecule has 8 nitrogen and oxygen atoms in total. The van der Waals surface area contributed by atoms with Crippen LogP contribution in [0.1, 0.15) is 21.6 Å². The summed E-state index contributed by atoms with van der Waals surface area (Å²) in [4.78, 5) is 25.5. The number of carboxylic acid groups (broad SMARTS) is 1. The maximum Gasteiger partial charge on any atom is 0.341 e. The third kappa shape index (κ3) is 4.01. The van der Waals surface area contributed by atoms with E-state index >= 15 is 0 Å². The van der Waals surface area contributed by atoms with Gasteiger partial charge in [-0.15, -0.1) is 16.4 Å². The van der Waals surface area contributed by atoms with Crippen LogP contribution in [0.3, 0.4) is 0 Å². The molecule has 164 valence electrons. The number of nitrogens with zero attached hydrogens (tertiary/aromatic N) is 4. The summed E-state index contributed by atoms with van der Waals surface area (Å²) in [5, 5.41) is 20.0. The number of para-hydroxylation sites is 1. The zero-order valence-corrected chi connectivity index (χ0v) is 18.1. The smallest absolute Gasteiger partial charge is 0.341 e. The quantitative estimate of drug-likeness (QED) is 0.396. The fourth-order valence-corrected chi connectivity index (χ4v) is 4.53. The van der Waals surface area contributed by atoms with E-state index in [-0.39, 0.29) is 24.5 Å². The zero-order chi connectivity index (χ0) is 22.8. The first-order valence-electron chi connectivity index (χ1n) is 10.1. The highest BCUT2D eigenvalue weighted by atomic mass is 32.1. The van der Waals surface area contributed by atoms with E-state index in [1.54, 1.807) is 22.3 Å². The second kappa shape index (κ2) is 8.71. The predicted octanol–water partition coefficient (Wildman–Crippen LogP) is 3.97. The van der Waals surface area contributed by atoms with E-state index in [2.05, 4.69) is 10.3 Å². The summed E-state index contributed by atoms with van der Waals surface area (Å²) < 4.78 is 9.38. The highest BCUT2D eigenvalue weighted by Crippen LogP contribution is 2.30. The van der Waals surface area contributed by atoms with Crippen molar-refractivity contribution < 1.29 is 14.6 Å². The Bertz CT molecular complexity index is 1490. The number of hydrogen-bond acceptors (Lipinski definition) is 6. The van der Waals surface area contributed by atoms with Crippen LogP contribution in [0.4, 0.5) is 0 Å². The number of fused-ring (bicyclic) bond motifs is 1. The van der Waals surface area contributed by atoms with E-state index in [9.17, 15) is 14.7 Å². The number of benzene rings is 2. The molecule has 3 heterocycles. The summed E-state index contributed by atoms with van der Waals surface area (Å²) in [5.74, 6) is -1.39. The lowest BCUT2D eigenvalue weighted by Gasteiger charge is -2.14. The van der Waals surface area contributed by atoms with Crippen molar-refractivity contribution >= 4 is 27.5 Å². The SMILES string of the molecule is O=C(O)c1c(OCc2ccccc2)c(=O)n(Cc2cn(-c3ccccc3)nn2)c2ccsc12. The van der Waals surface area contributed by atoms with Gasteiger partial charge < -0.3 is 9.84 Å². The lowest BCUT2D eigenvalue weighted by atomic mass is 10.2. The Morgan fingerprint density at radius 3 is 2.48 bits per heavy atom. The van der Waals surface area contributed by atoms with Gasteiger partial charge in [-0.1, -0.05) is 53.7 Å². The molecule has 0 spiro atoms. The minimum atomic E-state index is -1.20. The summed E-state index contributed by atoms with van der Waals surface area (Å²) in [6.45, 7) is 0.206. The van der Waals surface area contributed by atoms with Gasteiger partial charge in [-0.05, 0) is 29.1 Å². The molecule has 0 saturated carbocycles. The summed E-state index contributed by atoms with van der Waals surface area (Å²) in [5.41, 5.74) is 2.11. The number of thiophene rings is 1. The van der Waals surface area contributed by atoms with Crippen LogP contribution in [0, 0.1) is 0 Å². The second-order valence-electron chi connectivity index (χ2n) is 7.30. The van der Waals surface area contributed by atoms with Gasteiger partial charge in [0.2, 0.25) is 5.75 Å². The largest absolute Gasteiger partial charge is 0.482 e. The molecule has 0 unspecified atom stereocenters. The van der Waals surface area contributed by atoms with Crippen LogP contribution >= 0.6 is 11.3 Å². The van der Waals surface area contributed by atoms with Crippen LogP contribution in [0.2, 0.25) is 0 Å². The summed E-state index contributed by atoms with van der Waals surface area (Å²) in [6, 6.07) is 20.5. The maximum absolute atomic E-state index is 13.4. The molecule has 0 bridgehead atoms. The second-order valence-corrected chi connectivity index (χ2v) is 8.22. The highest BCUT2D eigenvalue weighted by Gasteiger charge is 2.24. The Morgan fingerprint density at radius 2 is 1.76 bits per heavy atom. The number of rotatable bonds is 7. The van der Waals surface area contributed by atoms with Crippen LogP contribution in [0.15, 0.2) is 83.1 Å². The minimum Gasteiger partial charge on any atom is -0.482 e. The Balaban J connectivity index is 1.56. The number of carbonyl (C=O) groups is 1. The van der Waals surface area contributed by atoms with E-state index in [1.807, 2.05) is 60.7 Å². The molecule has 2 aromatic carbocycles. The average Bonchev–Trinajstić information content (AvgIpc) is 3.50. The molecule has 0 fully saturated rings. The first kappa shape index (κ1) is 20.7. The third-order valence-corrected chi connectivity index (χ3v) is 6.07. The molecule has 0 aliphatic heterocycles.